The second-order valence-corrected chi connectivity index (χ2v) is 6.66. The molecule has 0 atom stereocenters. The molecule has 0 amide bonds. The molecule has 0 aliphatic rings. The minimum Gasteiger partial charge on any atom is -0.493 e. The second kappa shape index (κ2) is 7.52. The summed E-state index contributed by atoms with van der Waals surface area (Å²) in [7, 11) is 0. The fourth-order valence-electron chi connectivity index (χ4n) is 2.89. The molecule has 3 rings (SSSR count). The lowest BCUT2D eigenvalue weighted by Gasteiger charge is -2.13. The number of hydrogen-bond acceptors (Lipinski definition) is 2. The predicted octanol–water partition coefficient (Wildman–Crippen LogP) is 5.33. The van der Waals surface area contributed by atoms with Crippen LogP contribution in [0.2, 0.25) is 0 Å². The number of aryl methyl sites for hydroxylation is 2. The molecule has 0 N–H and O–H groups in total. The smallest absolute Gasteiger partial charge is 0.122 e. The van der Waals surface area contributed by atoms with Crippen LogP contribution in [0.5, 0.6) is 5.75 Å². The standard InChI is InChI=1S/C21H26N2O/c1-16(2)18-11-10-17(3)21(14-18)24-13-7-6-12-23-15-22-19-8-4-5-9-20(19)23/h4-5,8-11,14-16H,6-7,12-13H2,1-3H3. The van der Waals surface area contributed by atoms with Gasteiger partial charge in [-0.15, -0.1) is 0 Å². The van der Waals surface area contributed by atoms with Crippen molar-refractivity contribution in [3.05, 3.63) is 59.9 Å². The number of fused-ring (bicyclic) bond motifs is 1. The van der Waals surface area contributed by atoms with Crippen molar-refractivity contribution in [2.45, 2.75) is 46.1 Å². The molecule has 3 heteroatoms. The van der Waals surface area contributed by atoms with E-state index in [1.54, 1.807) is 0 Å². The maximum Gasteiger partial charge on any atom is 0.122 e. The topological polar surface area (TPSA) is 27.1 Å². The van der Waals surface area contributed by atoms with Gasteiger partial charge in [0.15, 0.2) is 0 Å². The quantitative estimate of drug-likeness (QED) is 0.550. The molecule has 0 saturated carbocycles. The average molecular weight is 322 g/mol. The zero-order chi connectivity index (χ0) is 16.9. The number of unbranched alkanes of at least 4 members (excludes halogenated alkanes) is 1. The number of benzene rings is 2. The Bertz CT molecular complexity index is 804. The molecular weight excluding hydrogens is 296 g/mol. The molecule has 0 radical (unpaired) electrons. The summed E-state index contributed by atoms with van der Waals surface area (Å²) in [4.78, 5) is 4.43. The molecule has 0 fully saturated rings. The maximum atomic E-state index is 6.01. The number of imidazole rings is 1. The van der Waals surface area contributed by atoms with Crippen LogP contribution in [0.4, 0.5) is 0 Å². The molecule has 0 spiro atoms. The molecule has 0 saturated heterocycles. The summed E-state index contributed by atoms with van der Waals surface area (Å²) in [5, 5.41) is 0. The van der Waals surface area contributed by atoms with Gasteiger partial charge in [-0.2, -0.15) is 0 Å². The highest BCUT2D eigenvalue weighted by Gasteiger charge is 2.05. The van der Waals surface area contributed by atoms with Crippen molar-refractivity contribution in [1.82, 2.24) is 9.55 Å². The van der Waals surface area contributed by atoms with Crippen LogP contribution in [-0.4, -0.2) is 16.2 Å². The molecule has 0 aliphatic carbocycles. The number of aromatic nitrogens is 2. The van der Waals surface area contributed by atoms with Gasteiger partial charge in [0.05, 0.1) is 24.0 Å². The first-order valence-corrected chi connectivity index (χ1v) is 8.78. The summed E-state index contributed by atoms with van der Waals surface area (Å²) in [5.74, 6) is 1.55. The third kappa shape index (κ3) is 3.78. The Hall–Kier alpha value is -2.29. The molecule has 126 valence electrons. The van der Waals surface area contributed by atoms with E-state index in [1.807, 2.05) is 12.4 Å². The highest BCUT2D eigenvalue weighted by Crippen LogP contribution is 2.24. The molecule has 3 nitrogen and oxygen atoms in total. The molecular formula is C21H26N2O. The number of rotatable bonds is 7. The van der Waals surface area contributed by atoms with Crippen LogP contribution < -0.4 is 4.74 Å². The zero-order valence-electron chi connectivity index (χ0n) is 14.8. The SMILES string of the molecule is Cc1ccc(C(C)C)cc1OCCCCn1cnc2ccccc21. The highest BCUT2D eigenvalue weighted by atomic mass is 16.5. The fraction of sp³-hybridized carbons (Fsp3) is 0.381. The van der Waals surface area contributed by atoms with E-state index in [-0.39, 0.29) is 0 Å². The van der Waals surface area contributed by atoms with Gasteiger partial charge in [-0.25, -0.2) is 4.98 Å². The second-order valence-electron chi connectivity index (χ2n) is 6.66. The van der Waals surface area contributed by atoms with Crippen LogP contribution in [0.25, 0.3) is 11.0 Å². The number of para-hydroxylation sites is 2. The monoisotopic (exact) mass is 322 g/mol. The predicted molar refractivity (Wildman–Crippen MR) is 99.7 cm³/mol. The van der Waals surface area contributed by atoms with E-state index in [9.17, 15) is 0 Å². The van der Waals surface area contributed by atoms with Gasteiger partial charge in [-0.05, 0) is 55.0 Å². The molecule has 3 aromatic rings. The Morgan fingerprint density at radius 2 is 1.92 bits per heavy atom. The van der Waals surface area contributed by atoms with Crippen LogP contribution in [0.1, 0.15) is 43.7 Å². The molecule has 0 aliphatic heterocycles. The summed E-state index contributed by atoms with van der Waals surface area (Å²) in [6.45, 7) is 8.27. The summed E-state index contributed by atoms with van der Waals surface area (Å²) >= 11 is 0. The Labute approximate surface area is 144 Å². The van der Waals surface area contributed by atoms with Gasteiger partial charge in [0.25, 0.3) is 0 Å². The van der Waals surface area contributed by atoms with Gasteiger partial charge in [0, 0.05) is 6.54 Å². The van der Waals surface area contributed by atoms with E-state index >= 15 is 0 Å². The lowest BCUT2D eigenvalue weighted by molar-refractivity contribution is 0.301. The van der Waals surface area contributed by atoms with E-state index < -0.39 is 0 Å². The minimum absolute atomic E-state index is 0.530. The first kappa shape index (κ1) is 16.6. The van der Waals surface area contributed by atoms with Crippen LogP contribution in [-0.2, 0) is 6.54 Å². The van der Waals surface area contributed by atoms with Crippen molar-refractivity contribution in [3.8, 4) is 5.75 Å². The zero-order valence-corrected chi connectivity index (χ0v) is 14.8. The first-order chi connectivity index (χ1) is 11.6. The van der Waals surface area contributed by atoms with Gasteiger partial charge in [-0.1, -0.05) is 38.1 Å². The van der Waals surface area contributed by atoms with E-state index in [0.717, 1.165) is 37.3 Å². The number of ether oxygens (including phenoxy) is 1. The average Bonchev–Trinajstić information content (AvgIpc) is 2.99. The third-order valence-electron chi connectivity index (χ3n) is 4.46. The van der Waals surface area contributed by atoms with Crippen molar-refractivity contribution in [1.29, 1.82) is 0 Å². The highest BCUT2D eigenvalue weighted by molar-refractivity contribution is 5.74. The summed E-state index contributed by atoms with van der Waals surface area (Å²) in [5.41, 5.74) is 4.81. The number of hydrogen-bond donors (Lipinski definition) is 0. The van der Waals surface area contributed by atoms with E-state index in [0.29, 0.717) is 5.92 Å². The van der Waals surface area contributed by atoms with Crippen molar-refractivity contribution in [2.75, 3.05) is 6.61 Å². The molecule has 24 heavy (non-hydrogen) atoms. The van der Waals surface area contributed by atoms with Gasteiger partial charge in [0.2, 0.25) is 0 Å². The maximum absolute atomic E-state index is 6.01. The van der Waals surface area contributed by atoms with Gasteiger partial charge >= 0.3 is 0 Å². The Morgan fingerprint density at radius 3 is 2.75 bits per heavy atom. The van der Waals surface area contributed by atoms with Crippen LogP contribution in [0.3, 0.4) is 0 Å². The minimum atomic E-state index is 0.530. The van der Waals surface area contributed by atoms with Crippen LogP contribution >= 0.6 is 0 Å². The Kier molecular flexibility index (Phi) is 5.19. The Balaban J connectivity index is 1.50. The summed E-state index contributed by atoms with van der Waals surface area (Å²) in [6, 6.07) is 14.8. The van der Waals surface area contributed by atoms with Gasteiger partial charge in [-0.3, -0.25) is 0 Å². The largest absolute Gasteiger partial charge is 0.493 e. The van der Waals surface area contributed by atoms with Crippen LogP contribution in [0, 0.1) is 6.92 Å². The van der Waals surface area contributed by atoms with Crippen molar-refractivity contribution >= 4 is 11.0 Å². The van der Waals surface area contributed by atoms with Crippen molar-refractivity contribution < 1.29 is 4.74 Å². The summed E-state index contributed by atoms with van der Waals surface area (Å²) < 4.78 is 8.23. The van der Waals surface area contributed by atoms with Crippen LogP contribution in [0.15, 0.2) is 48.8 Å². The fourth-order valence-corrected chi connectivity index (χ4v) is 2.89. The third-order valence-corrected chi connectivity index (χ3v) is 4.46. The lowest BCUT2D eigenvalue weighted by atomic mass is 10.0. The number of nitrogens with zero attached hydrogens (tertiary/aromatic N) is 2. The van der Waals surface area contributed by atoms with E-state index in [2.05, 4.69) is 66.7 Å². The van der Waals surface area contributed by atoms with Crippen molar-refractivity contribution in [3.63, 3.8) is 0 Å². The molecule has 0 unspecified atom stereocenters. The van der Waals surface area contributed by atoms with E-state index in [4.69, 9.17) is 4.74 Å². The Morgan fingerprint density at radius 1 is 1.08 bits per heavy atom. The van der Waals surface area contributed by atoms with Gasteiger partial charge in [0.1, 0.15) is 5.75 Å². The molecule has 0 bridgehead atoms. The molecule has 1 heterocycles. The molecule has 1 aromatic heterocycles. The first-order valence-electron chi connectivity index (χ1n) is 8.78. The molecule has 2 aromatic carbocycles. The normalized spacial score (nSPS) is 11.3. The lowest BCUT2D eigenvalue weighted by Crippen LogP contribution is -2.03. The van der Waals surface area contributed by atoms with Crippen molar-refractivity contribution in [2.24, 2.45) is 0 Å². The van der Waals surface area contributed by atoms with E-state index in [1.165, 1.54) is 16.6 Å². The van der Waals surface area contributed by atoms with Gasteiger partial charge < -0.3 is 9.30 Å². The summed E-state index contributed by atoms with van der Waals surface area (Å²) in [6.07, 6.45) is 4.06.